The third kappa shape index (κ3) is 3.20. The fourth-order valence-electron chi connectivity index (χ4n) is 2.24. The summed E-state index contributed by atoms with van der Waals surface area (Å²) in [5.41, 5.74) is 0.990. The molecule has 1 saturated carbocycles. The second-order valence-corrected chi connectivity index (χ2v) is 5.23. The average molecular weight is 272 g/mol. The Bertz CT molecular complexity index is 534. The summed E-state index contributed by atoms with van der Waals surface area (Å²) in [7, 11) is 2.19. The minimum Gasteiger partial charge on any atom is -0.308 e. The van der Waals surface area contributed by atoms with E-state index in [2.05, 4.69) is 32.8 Å². The summed E-state index contributed by atoms with van der Waals surface area (Å²) in [6, 6.07) is 10.8. The number of nitrogens with zero attached hydrogens (tertiary/aromatic N) is 5. The number of aromatic nitrogens is 4. The monoisotopic (exact) mass is 272 g/mol. The van der Waals surface area contributed by atoms with Crippen LogP contribution in [0.2, 0.25) is 0 Å². The molecule has 0 bridgehead atoms. The fourth-order valence-corrected chi connectivity index (χ4v) is 2.24. The lowest BCUT2D eigenvalue weighted by Crippen LogP contribution is -2.31. The minimum atomic E-state index is 0.681. The molecular formula is C14H20N6. The lowest BCUT2D eigenvalue weighted by Gasteiger charge is -2.15. The summed E-state index contributed by atoms with van der Waals surface area (Å²) in [4.78, 5) is 2.41. The SMILES string of the molecule is CN(CCNCc1nnnn1-c1ccccc1)C1CC1. The number of hydrogen-bond acceptors (Lipinski definition) is 5. The van der Waals surface area contributed by atoms with Crippen molar-refractivity contribution < 1.29 is 0 Å². The van der Waals surface area contributed by atoms with Crippen LogP contribution in [-0.4, -0.2) is 51.3 Å². The van der Waals surface area contributed by atoms with Crippen molar-refractivity contribution in [2.45, 2.75) is 25.4 Å². The van der Waals surface area contributed by atoms with Gasteiger partial charge in [0, 0.05) is 19.1 Å². The summed E-state index contributed by atoms with van der Waals surface area (Å²) in [6.45, 7) is 2.70. The van der Waals surface area contributed by atoms with Gasteiger partial charge >= 0.3 is 0 Å². The quantitative estimate of drug-likeness (QED) is 0.757. The summed E-state index contributed by atoms with van der Waals surface area (Å²) < 4.78 is 1.78. The maximum atomic E-state index is 4.08. The zero-order chi connectivity index (χ0) is 13.8. The van der Waals surface area contributed by atoms with E-state index in [-0.39, 0.29) is 0 Å². The molecule has 2 aromatic rings. The summed E-state index contributed by atoms with van der Waals surface area (Å²) in [6.07, 6.45) is 2.70. The number of hydrogen-bond donors (Lipinski definition) is 1. The van der Waals surface area contributed by atoms with Gasteiger partial charge in [-0.05, 0) is 42.4 Å². The molecule has 0 amide bonds. The molecule has 0 unspecified atom stereocenters. The second-order valence-electron chi connectivity index (χ2n) is 5.23. The zero-order valence-electron chi connectivity index (χ0n) is 11.7. The highest BCUT2D eigenvalue weighted by Gasteiger charge is 2.25. The molecule has 1 aliphatic rings. The first kappa shape index (κ1) is 13.2. The number of para-hydroxylation sites is 1. The molecule has 20 heavy (non-hydrogen) atoms. The first-order chi connectivity index (χ1) is 9.84. The Morgan fingerprint density at radius 2 is 2.10 bits per heavy atom. The number of nitrogens with one attached hydrogen (secondary N) is 1. The van der Waals surface area contributed by atoms with Crippen molar-refractivity contribution in [2.75, 3.05) is 20.1 Å². The predicted octanol–water partition coefficient (Wildman–Crippen LogP) is 0.846. The van der Waals surface area contributed by atoms with Crippen molar-refractivity contribution in [1.29, 1.82) is 0 Å². The van der Waals surface area contributed by atoms with Crippen LogP contribution in [0.1, 0.15) is 18.7 Å². The van der Waals surface area contributed by atoms with Gasteiger partial charge in [0.05, 0.1) is 12.2 Å². The van der Waals surface area contributed by atoms with Crippen molar-refractivity contribution in [3.05, 3.63) is 36.2 Å². The molecule has 1 aromatic heterocycles. The van der Waals surface area contributed by atoms with E-state index in [0.717, 1.165) is 30.6 Å². The van der Waals surface area contributed by atoms with Crippen molar-refractivity contribution in [2.24, 2.45) is 0 Å². The molecule has 1 aromatic carbocycles. The van der Waals surface area contributed by atoms with Crippen molar-refractivity contribution in [3.63, 3.8) is 0 Å². The second kappa shape index (κ2) is 6.11. The Morgan fingerprint density at radius 3 is 2.85 bits per heavy atom. The van der Waals surface area contributed by atoms with Gasteiger partial charge in [0.25, 0.3) is 0 Å². The predicted molar refractivity (Wildman–Crippen MR) is 76.5 cm³/mol. The van der Waals surface area contributed by atoms with Crippen LogP contribution in [-0.2, 0) is 6.54 Å². The highest BCUT2D eigenvalue weighted by molar-refractivity contribution is 5.30. The first-order valence-corrected chi connectivity index (χ1v) is 7.08. The highest BCUT2D eigenvalue weighted by Crippen LogP contribution is 2.24. The van der Waals surface area contributed by atoms with Crippen LogP contribution < -0.4 is 5.32 Å². The Labute approximate surface area is 118 Å². The van der Waals surface area contributed by atoms with Gasteiger partial charge in [-0.2, -0.15) is 4.68 Å². The molecule has 0 aliphatic heterocycles. The molecule has 6 nitrogen and oxygen atoms in total. The van der Waals surface area contributed by atoms with Gasteiger partial charge in [-0.3, -0.25) is 0 Å². The number of benzene rings is 1. The van der Waals surface area contributed by atoms with Crippen molar-refractivity contribution in [3.8, 4) is 5.69 Å². The molecule has 0 spiro atoms. The summed E-state index contributed by atoms with van der Waals surface area (Å²) >= 11 is 0. The van der Waals surface area contributed by atoms with Crippen LogP contribution >= 0.6 is 0 Å². The number of tetrazole rings is 1. The standard InChI is InChI=1S/C14H20N6/c1-19(12-7-8-12)10-9-15-11-14-16-17-18-20(14)13-5-3-2-4-6-13/h2-6,12,15H,7-11H2,1H3. The third-order valence-corrected chi connectivity index (χ3v) is 3.63. The fraction of sp³-hybridized carbons (Fsp3) is 0.500. The van der Waals surface area contributed by atoms with E-state index in [4.69, 9.17) is 0 Å². The molecule has 1 fully saturated rings. The number of rotatable bonds is 7. The Hall–Kier alpha value is -1.79. The van der Waals surface area contributed by atoms with E-state index in [9.17, 15) is 0 Å². The van der Waals surface area contributed by atoms with Crippen molar-refractivity contribution in [1.82, 2.24) is 30.4 Å². The van der Waals surface area contributed by atoms with Crippen LogP contribution in [0.3, 0.4) is 0 Å². The molecule has 3 rings (SSSR count). The van der Waals surface area contributed by atoms with E-state index < -0.39 is 0 Å². The maximum Gasteiger partial charge on any atom is 0.170 e. The summed E-state index contributed by atoms with van der Waals surface area (Å²) in [5, 5.41) is 15.3. The van der Waals surface area contributed by atoms with Crippen LogP contribution in [0.25, 0.3) is 5.69 Å². The minimum absolute atomic E-state index is 0.681. The normalized spacial score (nSPS) is 14.9. The zero-order valence-corrected chi connectivity index (χ0v) is 11.7. The lowest BCUT2D eigenvalue weighted by molar-refractivity contribution is 0.321. The van der Waals surface area contributed by atoms with Gasteiger partial charge in [0.1, 0.15) is 0 Å². The van der Waals surface area contributed by atoms with Gasteiger partial charge in [-0.25, -0.2) is 0 Å². The highest BCUT2D eigenvalue weighted by atomic mass is 15.5. The van der Waals surface area contributed by atoms with E-state index in [1.807, 2.05) is 30.3 Å². The smallest absolute Gasteiger partial charge is 0.170 e. The molecule has 1 aliphatic carbocycles. The van der Waals surface area contributed by atoms with E-state index in [1.165, 1.54) is 12.8 Å². The van der Waals surface area contributed by atoms with Gasteiger partial charge in [-0.15, -0.1) is 5.10 Å². The topological polar surface area (TPSA) is 58.9 Å². The molecule has 0 saturated heterocycles. The van der Waals surface area contributed by atoms with Crippen molar-refractivity contribution >= 4 is 0 Å². The van der Waals surface area contributed by atoms with E-state index >= 15 is 0 Å². The average Bonchev–Trinajstić information content (AvgIpc) is 3.23. The molecule has 0 atom stereocenters. The van der Waals surface area contributed by atoms with Gasteiger partial charge in [-0.1, -0.05) is 18.2 Å². The third-order valence-electron chi connectivity index (χ3n) is 3.63. The van der Waals surface area contributed by atoms with Crippen LogP contribution in [0, 0.1) is 0 Å². The Balaban J connectivity index is 1.52. The van der Waals surface area contributed by atoms with Crippen LogP contribution in [0.4, 0.5) is 0 Å². The molecule has 1 heterocycles. The molecule has 106 valence electrons. The van der Waals surface area contributed by atoms with Crippen LogP contribution in [0.15, 0.2) is 30.3 Å². The lowest BCUT2D eigenvalue weighted by atomic mass is 10.3. The maximum absolute atomic E-state index is 4.08. The Morgan fingerprint density at radius 1 is 1.30 bits per heavy atom. The molecule has 6 heteroatoms. The van der Waals surface area contributed by atoms with Gasteiger partial charge < -0.3 is 10.2 Å². The van der Waals surface area contributed by atoms with E-state index in [0.29, 0.717) is 6.54 Å². The Kier molecular flexibility index (Phi) is 4.03. The molecule has 0 radical (unpaired) electrons. The summed E-state index contributed by atoms with van der Waals surface area (Å²) in [5.74, 6) is 0.838. The van der Waals surface area contributed by atoms with Crippen LogP contribution in [0.5, 0.6) is 0 Å². The first-order valence-electron chi connectivity index (χ1n) is 7.08. The number of likely N-dealkylation sites (N-methyl/N-ethyl adjacent to an activating group) is 1. The largest absolute Gasteiger partial charge is 0.308 e. The van der Waals surface area contributed by atoms with E-state index in [1.54, 1.807) is 4.68 Å². The van der Waals surface area contributed by atoms with Gasteiger partial charge in [0.15, 0.2) is 5.82 Å². The molecular weight excluding hydrogens is 252 g/mol. The van der Waals surface area contributed by atoms with Gasteiger partial charge in [0.2, 0.25) is 0 Å². The molecule has 1 N–H and O–H groups in total.